The molecule has 1 saturated heterocycles. The lowest BCUT2D eigenvalue weighted by atomic mass is 10.2. The Bertz CT molecular complexity index is 265. The molecule has 0 amide bonds. The number of hydrogen-bond donors (Lipinski definition) is 2. The molecule has 0 aliphatic carbocycles. The third kappa shape index (κ3) is 1.61. The number of aromatic nitrogens is 2. The van der Waals surface area contributed by atoms with Crippen molar-refractivity contribution in [1.82, 2.24) is 9.97 Å². The van der Waals surface area contributed by atoms with Gasteiger partial charge in [-0.25, -0.2) is 9.97 Å². The van der Waals surface area contributed by atoms with Gasteiger partial charge in [-0.15, -0.1) is 0 Å². The molecule has 0 spiro atoms. The van der Waals surface area contributed by atoms with Crippen LogP contribution in [0.15, 0.2) is 18.6 Å². The summed E-state index contributed by atoms with van der Waals surface area (Å²) in [5, 5.41) is 0. The van der Waals surface area contributed by atoms with Crippen LogP contribution in [0.5, 0.6) is 0 Å². The number of nitrogens with zero attached hydrogens (tertiary/aromatic N) is 3. The quantitative estimate of drug-likeness (QED) is 0.575. The average Bonchev–Trinajstić information content (AvgIpc) is 2.49. The van der Waals surface area contributed by atoms with Crippen molar-refractivity contribution < 1.29 is 0 Å². The third-order valence-corrected chi connectivity index (χ3v) is 2.30. The van der Waals surface area contributed by atoms with E-state index in [-0.39, 0.29) is 12.1 Å². The molecule has 0 saturated carbocycles. The number of nitrogens with two attached hydrogens (primary N) is 2. The van der Waals surface area contributed by atoms with Crippen LogP contribution < -0.4 is 16.4 Å². The second kappa shape index (κ2) is 3.27. The Morgan fingerprint density at radius 2 is 2.00 bits per heavy atom. The molecule has 4 N–H and O–H groups in total. The van der Waals surface area contributed by atoms with E-state index in [4.69, 9.17) is 11.5 Å². The number of anilines is 1. The Morgan fingerprint density at radius 3 is 2.54 bits per heavy atom. The predicted molar refractivity (Wildman–Crippen MR) is 50.2 cm³/mol. The molecule has 1 aromatic heterocycles. The summed E-state index contributed by atoms with van der Waals surface area (Å²) in [4.78, 5) is 10.1. The molecule has 5 nitrogen and oxygen atoms in total. The first-order chi connectivity index (χ1) is 6.27. The third-order valence-electron chi connectivity index (χ3n) is 2.30. The molecule has 1 aromatic rings. The molecule has 1 fully saturated rings. The van der Waals surface area contributed by atoms with Crippen molar-refractivity contribution in [3.63, 3.8) is 0 Å². The Labute approximate surface area is 76.8 Å². The molecule has 0 radical (unpaired) electrons. The van der Waals surface area contributed by atoms with E-state index in [0.717, 1.165) is 18.9 Å². The van der Waals surface area contributed by atoms with E-state index in [1.807, 2.05) is 6.07 Å². The highest BCUT2D eigenvalue weighted by molar-refractivity contribution is 5.39. The molecule has 2 rings (SSSR count). The first-order valence-electron chi connectivity index (χ1n) is 4.29. The number of rotatable bonds is 1. The van der Waals surface area contributed by atoms with Gasteiger partial charge in [0.05, 0.1) is 0 Å². The van der Waals surface area contributed by atoms with Crippen LogP contribution in [0.25, 0.3) is 0 Å². The van der Waals surface area contributed by atoms with Gasteiger partial charge >= 0.3 is 0 Å². The van der Waals surface area contributed by atoms with E-state index in [9.17, 15) is 0 Å². The van der Waals surface area contributed by atoms with Crippen molar-refractivity contribution in [3.8, 4) is 0 Å². The highest BCUT2D eigenvalue weighted by Gasteiger charge is 2.27. The fourth-order valence-corrected chi connectivity index (χ4v) is 1.51. The molecular formula is C8H13N5. The first kappa shape index (κ1) is 8.40. The van der Waals surface area contributed by atoms with Crippen molar-refractivity contribution in [2.75, 3.05) is 18.0 Å². The highest BCUT2D eigenvalue weighted by Crippen LogP contribution is 2.14. The second-order valence-corrected chi connectivity index (χ2v) is 3.30. The van der Waals surface area contributed by atoms with Gasteiger partial charge in [-0.1, -0.05) is 0 Å². The van der Waals surface area contributed by atoms with Crippen molar-refractivity contribution in [2.24, 2.45) is 11.5 Å². The van der Waals surface area contributed by atoms with Crippen LogP contribution in [0.4, 0.5) is 5.82 Å². The zero-order valence-corrected chi connectivity index (χ0v) is 7.30. The minimum Gasteiger partial charge on any atom is -0.353 e. The summed E-state index contributed by atoms with van der Waals surface area (Å²) in [7, 11) is 0. The van der Waals surface area contributed by atoms with Gasteiger partial charge in [0.1, 0.15) is 12.1 Å². The summed E-state index contributed by atoms with van der Waals surface area (Å²) in [5.74, 6) is 0.901. The van der Waals surface area contributed by atoms with E-state index in [2.05, 4.69) is 14.9 Å². The molecular weight excluding hydrogens is 166 g/mol. The normalized spacial score (nSPS) is 28.0. The minimum atomic E-state index is 0.0509. The molecule has 70 valence electrons. The maximum absolute atomic E-state index is 5.80. The molecule has 1 aliphatic rings. The smallest absolute Gasteiger partial charge is 0.132 e. The summed E-state index contributed by atoms with van der Waals surface area (Å²) in [6.45, 7) is 1.55. The van der Waals surface area contributed by atoms with Crippen LogP contribution in [-0.4, -0.2) is 35.1 Å². The van der Waals surface area contributed by atoms with Gasteiger partial charge in [0, 0.05) is 31.4 Å². The minimum absolute atomic E-state index is 0.0509. The fraction of sp³-hybridized carbons (Fsp3) is 0.500. The molecule has 1 aliphatic heterocycles. The van der Waals surface area contributed by atoms with Crippen LogP contribution >= 0.6 is 0 Å². The first-order valence-corrected chi connectivity index (χ1v) is 4.29. The SMILES string of the molecule is NC1CN(c2ccncn2)CC1N. The lowest BCUT2D eigenvalue weighted by Gasteiger charge is -2.15. The van der Waals surface area contributed by atoms with Gasteiger partial charge in [0.15, 0.2) is 0 Å². The largest absolute Gasteiger partial charge is 0.353 e. The Morgan fingerprint density at radius 1 is 1.31 bits per heavy atom. The van der Waals surface area contributed by atoms with Crippen LogP contribution in [-0.2, 0) is 0 Å². The van der Waals surface area contributed by atoms with Crippen molar-refractivity contribution in [3.05, 3.63) is 18.6 Å². The van der Waals surface area contributed by atoms with E-state index in [1.54, 1.807) is 6.20 Å². The molecule has 0 bridgehead atoms. The maximum atomic E-state index is 5.80. The summed E-state index contributed by atoms with van der Waals surface area (Å²) in [6.07, 6.45) is 3.25. The van der Waals surface area contributed by atoms with Gasteiger partial charge in [-0.3, -0.25) is 0 Å². The van der Waals surface area contributed by atoms with E-state index in [1.165, 1.54) is 6.33 Å². The second-order valence-electron chi connectivity index (χ2n) is 3.30. The van der Waals surface area contributed by atoms with Crippen LogP contribution in [0.2, 0.25) is 0 Å². The summed E-state index contributed by atoms with van der Waals surface area (Å²) in [6, 6.07) is 1.97. The monoisotopic (exact) mass is 179 g/mol. The Balaban J connectivity index is 2.12. The molecule has 2 unspecified atom stereocenters. The standard InChI is InChI=1S/C8H13N5/c9-6-3-13(4-7(6)10)8-1-2-11-5-12-8/h1-2,5-7H,3-4,9-10H2. The maximum Gasteiger partial charge on any atom is 0.132 e. The van der Waals surface area contributed by atoms with Crippen molar-refractivity contribution in [1.29, 1.82) is 0 Å². The topological polar surface area (TPSA) is 81.1 Å². The molecule has 0 aromatic carbocycles. The molecule has 2 atom stereocenters. The van der Waals surface area contributed by atoms with Crippen LogP contribution in [0.1, 0.15) is 0 Å². The van der Waals surface area contributed by atoms with Gasteiger partial charge in [0.2, 0.25) is 0 Å². The fourth-order valence-electron chi connectivity index (χ4n) is 1.51. The Hall–Kier alpha value is -1.20. The van der Waals surface area contributed by atoms with E-state index in [0.29, 0.717) is 0 Å². The summed E-state index contributed by atoms with van der Waals surface area (Å²) < 4.78 is 0. The van der Waals surface area contributed by atoms with E-state index >= 15 is 0 Å². The zero-order valence-electron chi connectivity index (χ0n) is 7.30. The van der Waals surface area contributed by atoms with Gasteiger partial charge in [0.25, 0.3) is 0 Å². The molecule has 13 heavy (non-hydrogen) atoms. The van der Waals surface area contributed by atoms with Crippen molar-refractivity contribution in [2.45, 2.75) is 12.1 Å². The summed E-state index contributed by atoms with van der Waals surface area (Å²) >= 11 is 0. The molecule has 2 heterocycles. The van der Waals surface area contributed by atoms with Gasteiger partial charge < -0.3 is 16.4 Å². The Kier molecular flexibility index (Phi) is 2.12. The zero-order chi connectivity index (χ0) is 9.26. The van der Waals surface area contributed by atoms with E-state index < -0.39 is 0 Å². The van der Waals surface area contributed by atoms with Gasteiger partial charge in [-0.2, -0.15) is 0 Å². The lowest BCUT2D eigenvalue weighted by Crippen LogP contribution is -2.39. The van der Waals surface area contributed by atoms with Crippen LogP contribution in [0.3, 0.4) is 0 Å². The lowest BCUT2D eigenvalue weighted by molar-refractivity contribution is 0.642. The van der Waals surface area contributed by atoms with Crippen LogP contribution in [0, 0.1) is 0 Å². The average molecular weight is 179 g/mol. The van der Waals surface area contributed by atoms with Crippen molar-refractivity contribution >= 4 is 5.82 Å². The van der Waals surface area contributed by atoms with Gasteiger partial charge in [-0.05, 0) is 6.07 Å². The summed E-state index contributed by atoms with van der Waals surface area (Å²) in [5.41, 5.74) is 11.6. The predicted octanol–water partition coefficient (Wildman–Crippen LogP) is -1.05. The number of hydrogen-bond acceptors (Lipinski definition) is 5. The molecule has 5 heteroatoms. The highest BCUT2D eigenvalue weighted by atomic mass is 15.2.